The zero-order valence-electron chi connectivity index (χ0n) is 14.9. The predicted molar refractivity (Wildman–Crippen MR) is 94.5 cm³/mol. The Labute approximate surface area is 148 Å². The van der Waals surface area contributed by atoms with Crippen LogP contribution in [0.4, 0.5) is 0 Å². The second-order valence-electron chi connectivity index (χ2n) is 6.65. The van der Waals surface area contributed by atoms with Crippen LogP contribution in [0.5, 0.6) is 0 Å². The Balaban J connectivity index is 2.04. The lowest BCUT2D eigenvalue weighted by atomic mass is 9.93. The number of methoxy groups -OCH3 is 1. The first kappa shape index (κ1) is 17.5. The Morgan fingerprint density at radius 1 is 1.23 bits per heavy atom. The molecule has 0 bridgehead atoms. The normalized spacial score (nSPS) is 12.0. The molecule has 0 radical (unpaired) electrons. The summed E-state index contributed by atoms with van der Waals surface area (Å²) in [5.41, 5.74) is 0.662. The SMILES string of the molecule is COC(=O)c1ccc(/C=N\n2c(=O)c(C(C)(C)C)nn3cnnc23)cc1. The number of esters is 1. The van der Waals surface area contributed by atoms with Gasteiger partial charge in [0.25, 0.3) is 11.3 Å². The van der Waals surface area contributed by atoms with Crippen LogP contribution < -0.4 is 5.56 Å². The molecular weight excluding hydrogens is 336 g/mol. The summed E-state index contributed by atoms with van der Waals surface area (Å²) in [4.78, 5) is 24.2. The Hall–Kier alpha value is -3.36. The summed E-state index contributed by atoms with van der Waals surface area (Å²) in [5.74, 6) is -0.204. The summed E-state index contributed by atoms with van der Waals surface area (Å²) < 4.78 is 7.24. The molecule has 0 spiro atoms. The molecule has 9 nitrogen and oxygen atoms in total. The summed E-state index contributed by atoms with van der Waals surface area (Å²) in [7, 11) is 1.32. The van der Waals surface area contributed by atoms with E-state index >= 15 is 0 Å². The molecular formula is C17H18N6O3. The average molecular weight is 354 g/mol. The van der Waals surface area contributed by atoms with Gasteiger partial charge in [0, 0.05) is 5.41 Å². The third kappa shape index (κ3) is 3.23. The van der Waals surface area contributed by atoms with Gasteiger partial charge in [0.1, 0.15) is 12.0 Å². The molecule has 3 rings (SSSR count). The van der Waals surface area contributed by atoms with Gasteiger partial charge in [0.15, 0.2) is 0 Å². The topological polar surface area (TPSA) is 104 Å². The van der Waals surface area contributed by atoms with E-state index in [1.807, 2.05) is 20.8 Å². The van der Waals surface area contributed by atoms with Crippen molar-refractivity contribution < 1.29 is 9.53 Å². The summed E-state index contributed by atoms with van der Waals surface area (Å²) in [6, 6.07) is 6.65. The number of hydrogen-bond acceptors (Lipinski definition) is 7. The number of fused-ring (bicyclic) bond motifs is 1. The fraction of sp³-hybridized carbons (Fsp3) is 0.294. The Morgan fingerprint density at radius 3 is 2.54 bits per heavy atom. The van der Waals surface area contributed by atoms with Crippen LogP contribution in [-0.4, -0.2) is 43.8 Å². The quantitative estimate of drug-likeness (QED) is 0.518. The molecule has 0 aliphatic carbocycles. The highest BCUT2D eigenvalue weighted by molar-refractivity contribution is 5.90. The van der Waals surface area contributed by atoms with Gasteiger partial charge in [-0.25, -0.2) is 4.79 Å². The summed E-state index contributed by atoms with van der Waals surface area (Å²) in [6.45, 7) is 5.69. The molecule has 2 aromatic heterocycles. The molecule has 0 saturated heterocycles. The van der Waals surface area contributed by atoms with Gasteiger partial charge < -0.3 is 4.74 Å². The number of nitrogens with zero attached hydrogens (tertiary/aromatic N) is 6. The monoisotopic (exact) mass is 354 g/mol. The van der Waals surface area contributed by atoms with Crippen molar-refractivity contribution in [3.05, 3.63) is 57.8 Å². The Bertz CT molecular complexity index is 1040. The van der Waals surface area contributed by atoms with Crippen LogP contribution in [0.1, 0.15) is 42.4 Å². The molecule has 0 fully saturated rings. The fourth-order valence-corrected chi connectivity index (χ4v) is 2.30. The van der Waals surface area contributed by atoms with Gasteiger partial charge in [-0.3, -0.25) is 4.79 Å². The zero-order chi connectivity index (χ0) is 18.9. The van der Waals surface area contributed by atoms with Crippen LogP contribution in [0.15, 0.2) is 40.5 Å². The van der Waals surface area contributed by atoms with Gasteiger partial charge in [-0.15, -0.1) is 10.2 Å². The first-order valence-electron chi connectivity index (χ1n) is 7.87. The van der Waals surface area contributed by atoms with Crippen molar-refractivity contribution in [3.63, 3.8) is 0 Å². The van der Waals surface area contributed by atoms with E-state index in [-0.39, 0.29) is 11.3 Å². The van der Waals surface area contributed by atoms with Crippen molar-refractivity contribution in [1.29, 1.82) is 0 Å². The average Bonchev–Trinajstić information content (AvgIpc) is 3.07. The van der Waals surface area contributed by atoms with Crippen molar-refractivity contribution >= 4 is 18.0 Å². The van der Waals surface area contributed by atoms with Crippen LogP contribution in [0.3, 0.4) is 0 Å². The van der Waals surface area contributed by atoms with Crippen molar-refractivity contribution in [2.75, 3.05) is 7.11 Å². The minimum atomic E-state index is -0.463. The predicted octanol–water partition coefficient (Wildman–Crippen LogP) is 1.25. The smallest absolute Gasteiger partial charge is 0.337 e. The van der Waals surface area contributed by atoms with Gasteiger partial charge in [0.05, 0.1) is 18.9 Å². The van der Waals surface area contributed by atoms with Crippen LogP contribution in [0, 0.1) is 0 Å². The van der Waals surface area contributed by atoms with Gasteiger partial charge in [0.2, 0.25) is 0 Å². The minimum absolute atomic E-state index is 0.213. The lowest BCUT2D eigenvalue weighted by Crippen LogP contribution is -2.33. The third-order valence-electron chi connectivity index (χ3n) is 3.67. The molecule has 0 aliphatic heterocycles. The maximum atomic E-state index is 12.8. The number of rotatable bonds is 3. The summed E-state index contributed by atoms with van der Waals surface area (Å²) in [5, 5.41) is 16.2. The number of ether oxygens (including phenoxy) is 1. The molecule has 0 saturated carbocycles. The van der Waals surface area contributed by atoms with Crippen molar-refractivity contribution in [2.24, 2.45) is 5.10 Å². The number of hydrogen-bond donors (Lipinski definition) is 0. The van der Waals surface area contributed by atoms with E-state index in [4.69, 9.17) is 0 Å². The molecule has 0 N–H and O–H groups in total. The van der Waals surface area contributed by atoms with Crippen LogP contribution in [0.25, 0.3) is 5.78 Å². The van der Waals surface area contributed by atoms with E-state index in [2.05, 4.69) is 25.1 Å². The highest BCUT2D eigenvalue weighted by Gasteiger charge is 2.23. The van der Waals surface area contributed by atoms with Crippen molar-refractivity contribution in [1.82, 2.24) is 24.5 Å². The van der Waals surface area contributed by atoms with Gasteiger partial charge in [-0.05, 0) is 17.7 Å². The molecule has 0 atom stereocenters. The van der Waals surface area contributed by atoms with Crippen molar-refractivity contribution in [2.45, 2.75) is 26.2 Å². The molecule has 134 valence electrons. The van der Waals surface area contributed by atoms with Gasteiger partial charge >= 0.3 is 5.97 Å². The fourth-order valence-electron chi connectivity index (χ4n) is 2.30. The third-order valence-corrected chi connectivity index (χ3v) is 3.67. The van der Waals surface area contributed by atoms with E-state index in [0.29, 0.717) is 16.8 Å². The largest absolute Gasteiger partial charge is 0.465 e. The van der Waals surface area contributed by atoms with Crippen molar-refractivity contribution in [3.8, 4) is 0 Å². The lowest BCUT2D eigenvalue weighted by molar-refractivity contribution is 0.0600. The highest BCUT2D eigenvalue weighted by Crippen LogP contribution is 2.16. The van der Waals surface area contributed by atoms with Crippen LogP contribution >= 0.6 is 0 Å². The number of benzene rings is 1. The maximum absolute atomic E-state index is 12.8. The van der Waals surface area contributed by atoms with E-state index in [1.54, 1.807) is 24.3 Å². The number of carbonyl (C=O) groups excluding carboxylic acids is 1. The molecule has 0 amide bonds. The lowest BCUT2D eigenvalue weighted by Gasteiger charge is -2.16. The van der Waals surface area contributed by atoms with E-state index in [9.17, 15) is 9.59 Å². The Kier molecular flexibility index (Phi) is 4.37. The zero-order valence-corrected chi connectivity index (χ0v) is 14.9. The Morgan fingerprint density at radius 2 is 1.92 bits per heavy atom. The maximum Gasteiger partial charge on any atom is 0.337 e. The molecule has 9 heteroatoms. The molecule has 0 aliphatic rings. The van der Waals surface area contributed by atoms with E-state index in [0.717, 1.165) is 4.68 Å². The second kappa shape index (κ2) is 6.51. The molecule has 26 heavy (non-hydrogen) atoms. The first-order valence-corrected chi connectivity index (χ1v) is 7.87. The number of carbonyl (C=O) groups is 1. The van der Waals surface area contributed by atoms with Gasteiger partial charge in [-0.2, -0.15) is 19.4 Å². The second-order valence-corrected chi connectivity index (χ2v) is 6.65. The van der Waals surface area contributed by atoms with E-state index in [1.165, 1.54) is 24.2 Å². The van der Waals surface area contributed by atoms with Crippen LogP contribution in [0.2, 0.25) is 0 Å². The first-order chi connectivity index (χ1) is 12.3. The molecule has 3 aromatic rings. The highest BCUT2D eigenvalue weighted by atomic mass is 16.5. The van der Waals surface area contributed by atoms with Crippen LogP contribution in [-0.2, 0) is 10.2 Å². The standard InChI is InChI=1S/C17H18N6O3/c1-17(2,3)13-14(24)23(16-20-18-10-22(16)21-13)19-9-11-5-7-12(8-6-11)15(25)26-4/h5-10H,1-4H3/b19-9-. The molecule has 1 aromatic carbocycles. The molecule has 2 heterocycles. The summed E-state index contributed by atoms with van der Waals surface area (Å²) >= 11 is 0. The van der Waals surface area contributed by atoms with Gasteiger partial charge in [-0.1, -0.05) is 32.9 Å². The van der Waals surface area contributed by atoms with E-state index < -0.39 is 11.4 Å². The number of aromatic nitrogens is 5. The summed E-state index contributed by atoms with van der Waals surface area (Å²) in [6.07, 6.45) is 2.92. The minimum Gasteiger partial charge on any atom is -0.465 e. The molecule has 0 unspecified atom stereocenters.